The van der Waals surface area contributed by atoms with Gasteiger partial charge in [0.1, 0.15) is 0 Å². The van der Waals surface area contributed by atoms with Crippen molar-refractivity contribution in [1.82, 2.24) is 5.32 Å². The molecule has 0 bridgehead atoms. The minimum atomic E-state index is 0.0800. The molecule has 0 aromatic rings. The molecule has 0 spiro atoms. The van der Waals surface area contributed by atoms with E-state index < -0.39 is 0 Å². The summed E-state index contributed by atoms with van der Waals surface area (Å²) in [6.07, 6.45) is 2.85. The Kier molecular flexibility index (Phi) is 6.41. The van der Waals surface area contributed by atoms with E-state index >= 15 is 0 Å². The number of halogens is 1. The van der Waals surface area contributed by atoms with E-state index in [1.165, 1.54) is 0 Å². The number of rotatable bonds is 5. The van der Waals surface area contributed by atoms with Crippen LogP contribution in [-0.2, 0) is 4.79 Å². The average Bonchev–Trinajstić information content (AvgIpc) is 1.98. The third kappa shape index (κ3) is 8.54. The van der Waals surface area contributed by atoms with Crippen LogP contribution in [0.4, 0.5) is 0 Å². The van der Waals surface area contributed by atoms with E-state index in [1.807, 2.05) is 0 Å². The molecule has 2 nitrogen and oxygen atoms in total. The number of carbonyl (C=O) groups is 1. The van der Waals surface area contributed by atoms with Gasteiger partial charge in [-0.2, -0.15) is 0 Å². The topological polar surface area (TPSA) is 29.1 Å². The molecule has 0 aromatic carbocycles. The highest BCUT2D eigenvalue weighted by atomic mass is 79.9. The standard InChI is InChI=1S/C11H22BrNO/c1-5-6-9(12)8-13-10(14)7-11(2,3)4/h9H,5-8H2,1-4H3,(H,13,14). The van der Waals surface area contributed by atoms with Crippen LogP contribution in [0.2, 0.25) is 0 Å². The monoisotopic (exact) mass is 263 g/mol. The van der Waals surface area contributed by atoms with Crippen LogP contribution in [0.1, 0.15) is 47.0 Å². The first-order valence-electron chi connectivity index (χ1n) is 5.26. The second-order valence-electron chi connectivity index (χ2n) is 4.93. The predicted octanol–water partition coefficient (Wildman–Crippen LogP) is 3.10. The van der Waals surface area contributed by atoms with Crippen molar-refractivity contribution in [3.8, 4) is 0 Å². The van der Waals surface area contributed by atoms with Crippen LogP contribution in [0.5, 0.6) is 0 Å². The molecule has 0 fully saturated rings. The molecule has 1 unspecified atom stereocenters. The summed E-state index contributed by atoms with van der Waals surface area (Å²) in [7, 11) is 0. The van der Waals surface area contributed by atoms with Crippen LogP contribution < -0.4 is 5.32 Å². The van der Waals surface area contributed by atoms with Crippen molar-refractivity contribution < 1.29 is 4.79 Å². The molecule has 0 rings (SSSR count). The molecule has 0 saturated carbocycles. The number of nitrogens with one attached hydrogen (secondary N) is 1. The van der Waals surface area contributed by atoms with Gasteiger partial charge in [-0.3, -0.25) is 4.79 Å². The normalized spacial score (nSPS) is 13.8. The first-order valence-corrected chi connectivity index (χ1v) is 6.17. The highest BCUT2D eigenvalue weighted by Crippen LogP contribution is 2.17. The van der Waals surface area contributed by atoms with Crippen molar-refractivity contribution in [2.45, 2.75) is 51.8 Å². The van der Waals surface area contributed by atoms with Crippen LogP contribution in [0, 0.1) is 5.41 Å². The zero-order valence-corrected chi connectivity index (χ0v) is 11.3. The fourth-order valence-electron chi connectivity index (χ4n) is 1.18. The van der Waals surface area contributed by atoms with E-state index in [0.717, 1.165) is 19.4 Å². The molecule has 0 radical (unpaired) electrons. The highest BCUT2D eigenvalue weighted by molar-refractivity contribution is 9.09. The highest BCUT2D eigenvalue weighted by Gasteiger charge is 2.16. The van der Waals surface area contributed by atoms with Crippen molar-refractivity contribution in [2.75, 3.05) is 6.54 Å². The zero-order valence-electron chi connectivity index (χ0n) is 9.69. The smallest absolute Gasteiger partial charge is 0.220 e. The summed E-state index contributed by atoms with van der Waals surface area (Å²) in [6, 6.07) is 0. The SMILES string of the molecule is CCCC(Br)CNC(=O)CC(C)(C)C. The molecule has 0 aliphatic carbocycles. The maximum Gasteiger partial charge on any atom is 0.220 e. The Morgan fingerprint density at radius 2 is 2.00 bits per heavy atom. The van der Waals surface area contributed by atoms with Gasteiger partial charge in [0.25, 0.3) is 0 Å². The summed E-state index contributed by atoms with van der Waals surface area (Å²) in [5, 5.41) is 2.94. The fraction of sp³-hybridized carbons (Fsp3) is 0.909. The molecular weight excluding hydrogens is 242 g/mol. The van der Waals surface area contributed by atoms with Crippen molar-refractivity contribution in [3.05, 3.63) is 0 Å². The molecule has 0 aliphatic heterocycles. The van der Waals surface area contributed by atoms with E-state index in [-0.39, 0.29) is 11.3 Å². The molecule has 14 heavy (non-hydrogen) atoms. The summed E-state index contributed by atoms with van der Waals surface area (Å²) >= 11 is 3.53. The Hall–Kier alpha value is -0.0500. The third-order valence-corrected chi connectivity index (χ3v) is 2.60. The van der Waals surface area contributed by atoms with Crippen LogP contribution in [-0.4, -0.2) is 17.3 Å². The maximum absolute atomic E-state index is 11.4. The number of alkyl halides is 1. The van der Waals surface area contributed by atoms with Gasteiger partial charge in [0.05, 0.1) is 0 Å². The first-order chi connectivity index (χ1) is 6.35. The van der Waals surface area contributed by atoms with Gasteiger partial charge in [0, 0.05) is 17.8 Å². The summed E-state index contributed by atoms with van der Waals surface area (Å²) in [5.41, 5.74) is 0.0800. The van der Waals surface area contributed by atoms with Gasteiger partial charge in [-0.15, -0.1) is 0 Å². The van der Waals surface area contributed by atoms with Gasteiger partial charge in [0.2, 0.25) is 5.91 Å². The minimum Gasteiger partial charge on any atom is -0.355 e. The van der Waals surface area contributed by atoms with Crippen molar-refractivity contribution in [3.63, 3.8) is 0 Å². The molecule has 0 saturated heterocycles. The predicted molar refractivity (Wildman–Crippen MR) is 64.7 cm³/mol. The molecule has 84 valence electrons. The number of hydrogen-bond acceptors (Lipinski definition) is 1. The van der Waals surface area contributed by atoms with Crippen LogP contribution >= 0.6 is 15.9 Å². The van der Waals surface area contributed by atoms with Crippen LogP contribution in [0.3, 0.4) is 0 Å². The lowest BCUT2D eigenvalue weighted by molar-refractivity contribution is -0.122. The van der Waals surface area contributed by atoms with Gasteiger partial charge in [-0.25, -0.2) is 0 Å². The Bertz CT molecular complexity index is 175. The van der Waals surface area contributed by atoms with E-state index in [0.29, 0.717) is 11.2 Å². The van der Waals surface area contributed by atoms with E-state index in [2.05, 4.69) is 48.9 Å². The minimum absolute atomic E-state index is 0.0800. The first kappa shape index (κ1) is 13.9. The summed E-state index contributed by atoms with van der Waals surface area (Å²) in [4.78, 5) is 11.8. The molecule has 1 atom stereocenters. The Labute approximate surface area is 96.0 Å². The lowest BCUT2D eigenvalue weighted by atomic mass is 9.92. The van der Waals surface area contributed by atoms with Crippen molar-refractivity contribution in [1.29, 1.82) is 0 Å². The Morgan fingerprint density at radius 3 is 2.43 bits per heavy atom. The molecule has 1 N–H and O–H groups in total. The average molecular weight is 264 g/mol. The second kappa shape index (κ2) is 6.44. The lowest BCUT2D eigenvalue weighted by Gasteiger charge is -2.18. The summed E-state index contributed by atoms with van der Waals surface area (Å²) in [6.45, 7) is 9.10. The van der Waals surface area contributed by atoms with E-state index in [9.17, 15) is 4.79 Å². The van der Waals surface area contributed by atoms with Crippen molar-refractivity contribution >= 4 is 21.8 Å². The fourth-order valence-corrected chi connectivity index (χ4v) is 1.80. The number of amides is 1. The lowest BCUT2D eigenvalue weighted by Crippen LogP contribution is -2.32. The van der Waals surface area contributed by atoms with Gasteiger partial charge in [-0.05, 0) is 11.8 Å². The second-order valence-corrected chi connectivity index (χ2v) is 6.22. The molecular formula is C11H22BrNO. The number of hydrogen-bond donors (Lipinski definition) is 1. The maximum atomic E-state index is 11.4. The molecule has 3 heteroatoms. The van der Waals surface area contributed by atoms with Crippen LogP contribution in [0.25, 0.3) is 0 Å². The van der Waals surface area contributed by atoms with Gasteiger partial charge < -0.3 is 5.32 Å². The van der Waals surface area contributed by atoms with Crippen molar-refractivity contribution in [2.24, 2.45) is 5.41 Å². The van der Waals surface area contributed by atoms with Gasteiger partial charge >= 0.3 is 0 Å². The summed E-state index contributed by atoms with van der Waals surface area (Å²) < 4.78 is 0. The quantitative estimate of drug-likeness (QED) is 0.759. The number of carbonyl (C=O) groups excluding carboxylic acids is 1. The largest absolute Gasteiger partial charge is 0.355 e. The molecule has 0 aliphatic rings. The van der Waals surface area contributed by atoms with Gasteiger partial charge in [-0.1, -0.05) is 50.0 Å². The van der Waals surface area contributed by atoms with Gasteiger partial charge in [0.15, 0.2) is 0 Å². The van der Waals surface area contributed by atoms with E-state index in [1.54, 1.807) is 0 Å². The summed E-state index contributed by atoms with van der Waals surface area (Å²) in [5.74, 6) is 0.151. The molecule has 0 aromatic heterocycles. The Balaban J connectivity index is 3.64. The van der Waals surface area contributed by atoms with Crippen LogP contribution in [0.15, 0.2) is 0 Å². The molecule has 1 amide bonds. The zero-order chi connectivity index (χ0) is 11.2. The van der Waals surface area contributed by atoms with E-state index in [4.69, 9.17) is 0 Å². The Morgan fingerprint density at radius 1 is 1.43 bits per heavy atom. The third-order valence-electron chi connectivity index (χ3n) is 1.81. The molecule has 0 heterocycles.